The molecule has 30 heavy (non-hydrogen) atoms. The van der Waals surface area contributed by atoms with Gasteiger partial charge >= 0.3 is 0 Å². The van der Waals surface area contributed by atoms with E-state index in [1.54, 1.807) is 9.80 Å². The van der Waals surface area contributed by atoms with Crippen LogP contribution in [0.3, 0.4) is 0 Å². The van der Waals surface area contributed by atoms with Crippen molar-refractivity contribution in [2.45, 2.75) is 32.0 Å². The molecule has 4 rings (SSSR count). The number of benzene rings is 2. The summed E-state index contributed by atoms with van der Waals surface area (Å²) >= 11 is 0. The van der Waals surface area contributed by atoms with Gasteiger partial charge in [-0.2, -0.15) is 0 Å². The fourth-order valence-corrected chi connectivity index (χ4v) is 6.08. The van der Waals surface area contributed by atoms with E-state index in [9.17, 15) is 18.0 Å². The molecule has 158 valence electrons. The third-order valence-corrected chi connectivity index (χ3v) is 7.65. The molecule has 2 amide bonds. The molecule has 2 aliphatic rings. The van der Waals surface area contributed by atoms with Gasteiger partial charge in [0.15, 0.2) is 9.84 Å². The molecule has 2 aromatic carbocycles. The molecule has 0 saturated carbocycles. The summed E-state index contributed by atoms with van der Waals surface area (Å²) < 4.78 is 23.6. The highest BCUT2D eigenvalue weighted by molar-refractivity contribution is 7.91. The monoisotopic (exact) mass is 426 g/mol. The summed E-state index contributed by atoms with van der Waals surface area (Å²) in [6.07, 6.45) is 0.613. The Morgan fingerprint density at radius 2 is 1.53 bits per heavy atom. The van der Waals surface area contributed by atoms with Gasteiger partial charge in [0.2, 0.25) is 11.8 Å². The van der Waals surface area contributed by atoms with Crippen molar-refractivity contribution in [1.29, 1.82) is 0 Å². The van der Waals surface area contributed by atoms with Crippen molar-refractivity contribution in [1.82, 2.24) is 9.80 Å². The summed E-state index contributed by atoms with van der Waals surface area (Å²) in [5.74, 6) is -0.478. The van der Waals surface area contributed by atoms with Crippen molar-refractivity contribution in [2.75, 3.05) is 18.1 Å². The molecule has 0 bridgehead atoms. The normalized spacial score (nSPS) is 22.9. The van der Waals surface area contributed by atoms with Crippen LogP contribution in [0.5, 0.6) is 0 Å². The molecule has 0 aromatic heterocycles. The summed E-state index contributed by atoms with van der Waals surface area (Å²) in [6.45, 7) is 1.24. The lowest BCUT2D eigenvalue weighted by molar-refractivity contribution is -0.137. The molecule has 2 aromatic rings. The number of rotatable bonds is 6. The van der Waals surface area contributed by atoms with Crippen LogP contribution in [0.4, 0.5) is 0 Å². The molecule has 0 unspecified atom stereocenters. The van der Waals surface area contributed by atoms with Gasteiger partial charge in [0.25, 0.3) is 0 Å². The second-order valence-corrected chi connectivity index (χ2v) is 10.4. The minimum atomic E-state index is -3.08. The van der Waals surface area contributed by atoms with Gasteiger partial charge < -0.3 is 9.80 Å². The van der Waals surface area contributed by atoms with Crippen LogP contribution in [0, 0.1) is 5.92 Å². The van der Waals surface area contributed by atoms with Gasteiger partial charge in [0, 0.05) is 32.1 Å². The molecule has 0 spiro atoms. The molecule has 2 saturated heterocycles. The van der Waals surface area contributed by atoms with Crippen LogP contribution in [0.15, 0.2) is 60.7 Å². The predicted molar refractivity (Wildman–Crippen MR) is 114 cm³/mol. The molecule has 2 fully saturated rings. The van der Waals surface area contributed by atoms with E-state index in [-0.39, 0.29) is 35.8 Å². The first-order valence-corrected chi connectivity index (χ1v) is 12.1. The molecule has 6 nitrogen and oxygen atoms in total. The quantitative estimate of drug-likeness (QED) is 0.710. The molecule has 0 radical (unpaired) electrons. The van der Waals surface area contributed by atoms with Crippen LogP contribution < -0.4 is 0 Å². The van der Waals surface area contributed by atoms with E-state index >= 15 is 0 Å². The average Bonchev–Trinajstić information content (AvgIpc) is 3.30. The molecule has 2 atom stereocenters. The van der Waals surface area contributed by atoms with Gasteiger partial charge in [0.1, 0.15) is 0 Å². The van der Waals surface area contributed by atoms with Crippen molar-refractivity contribution < 1.29 is 18.0 Å². The number of nitrogens with zero attached hydrogens (tertiary/aromatic N) is 2. The third kappa shape index (κ3) is 4.73. The maximum atomic E-state index is 13.4. The van der Waals surface area contributed by atoms with E-state index in [0.717, 1.165) is 11.1 Å². The summed E-state index contributed by atoms with van der Waals surface area (Å²) in [6, 6.07) is 19.3. The Balaban J connectivity index is 1.50. The van der Waals surface area contributed by atoms with E-state index in [2.05, 4.69) is 0 Å². The van der Waals surface area contributed by atoms with Crippen molar-refractivity contribution >= 4 is 21.7 Å². The number of sulfone groups is 1. The Kier molecular flexibility index (Phi) is 5.90. The third-order valence-electron chi connectivity index (χ3n) is 5.90. The second kappa shape index (κ2) is 8.60. The van der Waals surface area contributed by atoms with Crippen LogP contribution in [0.2, 0.25) is 0 Å². The first-order chi connectivity index (χ1) is 14.4. The number of hydrogen-bond donors (Lipinski definition) is 0. The Hall–Kier alpha value is -2.67. The number of carbonyl (C=O) groups is 2. The predicted octanol–water partition coefficient (Wildman–Crippen LogP) is 2.25. The zero-order valence-corrected chi connectivity index (χ0v) is 17.6. The molecule has 2 aliphatic heterocycles. The Morgan fingerprint density at radius 1 is 0.967 bits per heavy atom. The van der Waals surface area contributed by atoms with Crippen LogP contribution in [0.1, 0.15) is 24.0 Å². The molecular weight excluding hydrogens is 400 g/mol. The second-order valence-electron chi connectivity index (χ2n) is 8.17. The minimum absolute atomic E-state index is 0.0113. The maximum absolute atomic E-state index is 13.4. The first kappa shape index (κ1) is 20.6. The molecular formula is C23H26N2O4S. The largest absolute Gasteiger partial charge is 0.338 e. The highest BCUT2D eigenvalue weighted by Crippen LogP contribution is 2.28. The van der Waals surface area contributed by atoms with Gasteiger partial charge in [-0.3, -0.25) is 9.59 Å². The van der Waals surface area contributed by atoms with Crippen LogP contribution in [-0.4, -0.2) is 54.1 Å². The number of likely N-dealkylation sites (tertiary alicyclic amines) is 1. The topological polar surface area (TPSA) is 74.8 Å². The smallest absolute Gasteiger partial charge is 0.228 e. The lowest BCUT2D eigenvalue weighted by atomic mass is 10.1. The fraction of sp³-hybridized carbons (Fsp3) is 0.391. The first-order valence-electron chi connectivity index (χ1n) is 10.3. The molecule has 7 heteroatoms. The fourth-order valence-electron chi connectivity index (χ4n) is 4.35. The van der Waals surface area contributed by atoms with Crippen LogP contribution in [-0.2, 0) is 32.5 Å². The molecule has 0 aliphatic carbocycles. The Labute approximate surface area is 177 Å². The van der Waals surface area contributed by atoms with E-state index in [4.69, 9.17) is 0 Å². The van der Waals surface area contributed by atoms with Crippen molar-refractivity contribution in [3.05, 3.63) is 71.8 Å². The van der Waals surface area contributed by atoms with Crippen molar-refractivity contribution in [2.24, 2.45) is 5.92 Å². The molecule has 2 heterocycles. The highest BCUT2D eigenvalue weighted by atomic mass is 32.2. The molecule has 0 N–H and O–H groups in total. The van der Waals surface area contributed by atoms with Gasteiger partial charge in [0.05, 0.1) is 17.4 Å². The zero-order chi connectivity index (χ0) is 21.1. The lowest BCUT2D eigenvalue weighted by Crippen LogP contribution is -2.40. The summed E-state index contributed by atoms with van der Waals surface area (Å²) in [5, 5.41) is 0. The summed E-state index contributed by atoms with van der Waals surface area (Å²) in [5.41, 5.74) is 2.06. The van der Waals surface area contributed by atoms with Crippen molar-refractivity contribution in [3.8, 4) is 0 Å². The van der Waals surface area contributed by atoms with Crippen LogP contribution >= 0.6 is 0 Å². The van der Waals surface area contributed by atoms with Gasteiger partial charge in [-0.05, 0) is 17.5 Å². The Morgan fingerprint density at radius 3 is 2.03 bits per heavy atom. The van der Waals surface area contributed by atoms with Crippen LogP contribution in [0.25, 0.3) is 0 Å². The van der Waals surface area contributed by atoms with Crippen molar-refractivity contribution in [3.63, 3.8) is 0 Å². The standard InChI is InChI=1S/C23H26N2O4S/c26-22-13-20(16-25(22)21-11-12-30(28,29)17-21)23(27)24(14-18-7-3-1-4-8-18)15-19-9-5-2-6-10-19/h1-10,20-21H,11-17H2/t20-,21-/m1/s1. The number of hydrogen-bond acceptors (Lipinski definition) is 4. The Bertz CT molecular complexity index is 967. The van der Waals surface area contributed by atoms with E-state index in [1.165, 1.54) is 0 Å². The SMILES string of the molecule is O=C([C@@H]1CC(=O)N([C@@H]2CCS(=O)(=O)C2)C1)N(Cc1ccccc1)Cc1ccccc1. The van der Waals surface area contributed by atoms with E-state index in [0.29, 0.717) is 26.1 Å². The number of amides is 2. The van der Waals surface area contributed by atoms with Gasteiger partial charge in [-0.1, -0.05) is 60.7 Å². The van der Waals surface area contributed by atoms with E-state index in [1.807, 2.05) is 60.7 Å². The lowest BCUT2D eigenvalue weighted by Gasteiger charge is -2.27. The van der Waals surface area contributed by atoms with E-state index < -0.39 is 15.8 Å². The number of carbonyl (C=O) groups excluding carboxylic acids is 2. The zero-order valence-electron chi connectivity index (χ0n) is 16.8. The maximum Gasteiger partial charge on any atom is 0.228 e. The van der Waals surface area contributed by atoms with Gasteiger partial charge in [-0.25, -0.2) is 8.42 Å². The minimum Gasteiger partial charge on any atom is -0.338 e. The summed E-state index contributed by atoms with van der Waals surface area (Å²) in [4.78, 5) is 29.4. The average molecular weight is 427 g/mol. The summed E-state index contributed by atoms with van der Waals surface area (Å²) in [7, 11) is -3.08. The van der Waals surface area contributed by atoms with Gasteiger partial charge in [-0.15, -0.1) is 0 Å². The highest BCUT2D eigenvalue weighted by Gasteiger charge is 2.42.